The van der Waals surface area contributed by atoms with Crippen LogP contribution in [0.25, 0.3) is 10.1 Å². The van der Waals surface area contributed by atoms with Gasteiger partial charge in [-0.05, 0) is 68.8 Å². The van der Waals surface area contributed by atoms with E-state index in [0.29, 0.717) is 12.1 Å². The van der Waals surface area contributed by atoms with Gasteiger partial charge >= 0.3 is 0 Å². The van der Waals surface area contributed by atoms with Crippen molar-refractivity contribution in [1.82, 2.24) is 4.90 Å². The van der Waals surface area contributed by atoms with Crippen LogP contribution in [0.4, 0.5) is 5.69 Å². The normalized spacial score (nSPS) is 27.5. The van der Waals surface area contributed by atoms with Gasteiger partial charge in [0.05, 0.1) is 0 Å². The van der Waals surface area contributed by atoms with Gasteiger partial charge in [0.15, 0.2) is 0 Å². The van der Waals surface area contributed by atoms with Crippen molar-refractivity contribution < 1.29 is 0 Å². The van der Waals surface area contributed by atoms with Gasteiger partial charge in [0, 0.05) is 34.6 Å². The monoisotopic (exact) mass is 350 g/mol. The van der Waals surface area contributed by atoms with Gasteiger partial charge in [-0.1, -0.05) is 12.8 Å². The highest BCUT2D eigenvalue weighted by Crippen LogP contribution is 2.39. The minimum absolute atomic E-state index is 0. The Hall–Kier alpha value is -0.770. The van der Waals surface area contributed by atoms with Crippen LogP contribution in [0.1, 0.15) is 39.5 Å². The minimum atomic E-state index is 0. The second-order valence-electron chi connectivity index (χ2n) is 7.61. The maximum atomic E-state index is 2.71. The molecule has 1 aromatic heterocycles. The fraction of sp³-hybridized carbons (Fsp3) is 0.579. The first-order valence-corrected chi connectivity index (χ1v) is 9.41. The Bertz CT molecular complexity index is 681. The molecule has 23 heavy (non-hydrogen) atoms. The Balaban J connectivity index is 0.00000156. The number of nitrogens with zero attached hydrogens (tertiary/aromatic N) is 2. The summed E-state index contributed by atoms with van der Waals surface area (Å²) in [6.45, 7) is 5.92. The van der Waals surface area contributed by atoms with Gasteiger partial charge in [-0.2, -0.15) is 0 Å². The van der Waals surface area contributed by atoms with Gasteiger partial charge in [0.25, 0.3) is 0 Å². The van der Waals surface area contributed by atoms with E-state index in [0.717, 1.165) is 6.54 Å². The average Bonchev–Trinajstić information content (AvgIpc) is 2.98. The minimum Gasteiger partial charge on any atom is -0.365 e. The zero-order valence-electron chi connectivity index (χ0n) is 14.3. The predicted octanol–water partition coefficient (Wildman–Crippen LogP) is 5.16. The van der Waals surface area contributed by atoms with Crippen LogP contribution in [0.2, 0.25) is 0 Å². The molecule has 1 aliphatic carbocycles. The molecule has 2 aromatic rings. The number of piperazine rings is 1. The van der Waals surface area contributed by atoms with E-state index >= 15 is 0 Å². The molecule has 4 heteroatoms. The summed E-state index contributed by atoms with van der Waals surface area (Å²) in [5, 5.41) is 3.60. The van der Waals surface area contributed by atoms with E-state index in [1.54, 1.807) is 0 Å². The summed E-state index contributed by atoms with van der Waals surface area (Å²) >= 11 is 1.84. The molecule has 1 saturated heterocycles. The zero-order valence-corrected chi connectivity index (χ0v) is 15.9. The van der Waals surface area contributed by atoms with Crippen LogP contribution in [0.15, 0.2) is 29.6 Å². The molecule has 126 valence electrons. The lowest BCUT2D eigenvalue weighted by atomic mass is 9.81. The molecule has 2 aliphatic rings. The SMILES string of the molecule is CN1C2CCCCC2N(c2ccc3sccc3c2)CC1(C)C.Cl. The molecule has 2 heterocycles. The summed E-state index contributed by atoms with van der Waals surface area (Å²) in [4.78, 5) is 5.36. The van der Waals surface area contributed by atoms with E-state index in [-0.39, 0.29) is 17.9 Å². The van der Waals surface area contributed by atoms with Crippen LogP contribution < -0.4 is 4.90 Å². The second-order valence-corrected chi connectivity index (χ2v) is 8.56. The van der Waals surface area contributed by atoms with Crippen molar-refractivity contribution >= 4 is 39.5 Å². The smallest absolute Gasteiger partial charge is 0.0446 e. The third-order valence-corrected chi connectivity index (χ3v) is 6.77. The van der Waals surface area contributed by atoms with Crippen LogP contribution in [0.5, 0.6) is 0 Å². The molecule has 2 atom stereocenters. The van der Waals surface area contributed by atoms with Crippen LogP contribution in [-0.4, -0.2) is 36.1 Å². The number of thiophene rings is 1. The topological polar surface area (TPSA) is 6.48 Å². The van der Waals surface area contributed by atoms with Crippen LogP contribution in [0, 0.1) is 0 Å². The third kappa shape index (κ3) is 2.88. The molecule has 1 saturated carbocycles. The van der Waals surface area contributed by atoms with Gasteiger partial charge in [0.2, 0.25) is 0 Å². The Labute approximate surface area is 149 Å². The molecular formula is C19H27ClN2S. The molecule has 2 fully saturated rings. The highest BCUT2D eigenvalue weighted by Gasteiger charge is 2.44. The van der Waals surface area contributed by atoms with Crippen LogP contribution in [0.3, 0.4) is 0 Å². The van der Waals surface area contributed by atoms with E-state index in [1.165, 1.54) is 41.5 Å². The molecule has 0 radical (unpaired) electrons. The van der Waals surface area contributed by atoms with Crippen molar-refractivity contribution in [2.24, 2.45) is 0 Å². The Morgan fingerprint density at radius 3 is 2.61 bits per heavy atom. The number of anilines is 1. The molecule has 2 unspecified atom stereocenters. The molecular weight excluding hydrogens is 324 g/mol. The number of rotatable bonds is 1. The number of hydrogen-bond acceptors (Lipinski definition) is 3. The van der Waals surface area contributed by atoms with Gasteiger partial charge in [-0.15, -0.1) is 23.7 Å². The highest BCUT2D eigenvalue weighted by molar-refractivity contribution is 7.17. The first kappa shape index (κ1) is 17.1. The molecule has 0 bridgehead atoms. The van der Waals surface area contributed by atoms with Gasteiger partial charge in [-0.25, -0.2) is 0 Å². The molecule has 1 aromatic carbocycles. The second kappa shape index (κ2) is 6.27. The van der Waals surface area contributed by atoms with Crippen LogP contribution in [-0.2, 0) is 0 Å². The summed E-state index contributed by atoms with van der Waals surface area (Å²) in [7, 11) is 2.34. The lowest BCUT2D eigenvalue weighted by Gasteiger charge is -2.57. The fourth-order valence-electron chi connectivity index (χ4n) is 4.42. The summed E-state index contributed by atoms with van der Waals surface area (Å²) in [5.74, 6) is 0. The van der Waals surface area contributed by atoms with E-state index < -0.39 is 0 Å². The Morgan fingerprint density at radius 1 is 1.09 bits per heavy atom. The van der Waals surface area contributed by atoms with Gasteiger partial charge in [0.1, 0.15) is 0 Å². The van der Waals surface area contributed by atoms with E-state index in [9.17, 15) is 0 Å². The number of fused-ring (bicyclic) bond motifs is 2. The van der Waals surface area contributed by atoms with Gasteiger partial charge < -0.3 is 4.90 Å². The van der Waals surface area contributed by atoms with Crippen molar-refractivity contribution in [2.75, 3.05) is 18.5 Å². The predicted molar refractivity (Wildman–Crippen MR) is 104 cm³/mol. The third-order valence-electron chi connectivity index (χ3n) is 5.87. The summed E-state index contributed by atoms with van der Waals surface area (Å²) in [6, 6.07) is 10.7. The maximum absolute atomic E-state index is 2.71. The fourth-order valence-corrected chi connectivity index (χ4v) is 5.19. The lowest BCUT2D eigenvalue weighted by Crippen LogP contribution is -2.67. The zero-order chi connectivity index (χ0) is 15.3. The average molecular weight is 351 g/mol. The Kier molecular flexibility index (Phi) is 4.65. The van der Waals surface area contributed by atoms with Crippen molar-refractivity contribution in [1.29, 1.82) is 0 Å². The number of benzene rings is 1. The van der Waals surface area contributed by atoms with Crippen LogP contribution >= 0.6 is 23.7 Å². The quantitative estimate of drug-likeness (QED) is 0.700. The molecule has 0 amide bonds. The van der Waals surface area contributed by atoms with E-state index in [2.05, 4.69) is 60.3 Å². The van der Waals surface area contributed by atoms with E-state index in [4.69, 9.17) is 0 Å². The van der Waals surface area contributed by atoms with Crippen molar-refractivity contribution in [3.8, 4) is 0 Å². The first-order valence-electron chi connectivity index (χ1n) is 8.53. The van der Waals surface area contributed by atoms with E-state index in [1.807, 2.05) is 11.3 Å². The van der Waals surface area contributed by atoms with Crippen molar-refractivity contribution in [3.63, 3.8) is 0 Å². The number of halogens is 1. The van der Waals surface area contributed by atoms with Crippen molar-refractivity contribution in [3.05, 3.63) is 29.6 Å². The summed E-state index contributed by atoms with van der Waals surface area (Å²) in [6.07, 6.45) is 5.46. The molecule has 1 aliphatic heterocycles. The summed E-state index contributed by atoms with van der Waals surface area (Å²) in [5.41, 5.74) is 1.66. The number of hydrogen-bond donors (Lipinski definition) is 0. The first-order chi connectivity index (χ1) is 10.6. The Morgan fingerprint density at radius 2 is 1.83 bits per heavy atom. The lowest BCUT2D eigenvalue weighted by molar-refractivity contribution is 0.0337. The van der Waals surface area contributed by atoms with Crippen molar-refractivity contribution in [2.45, 2.75) is 57.2 Å². The summed E-state index contributed by atoms with van der Waals surface area (Å²) < 4.78 is 1.40. The molecule has 2 nitrogen and oxygen atoms in total. The molecule has 4 rings (SSSR count). The highest BCUT2D eigenvalue weighted by atomic mass is 35.5. The molecule has 0 N–H and O–H groups in total. The molecule has 0 spiro atoms. The maximum Gasteiger partial charge on any atom is 0.0446 e. The van der Waals surface area contributed by atoms with Gasteiger partial charge in [-0.3, -0.25) is 4.90 Å². The largest absolute Gasteiger partial charge is 0.365 e. The number of likely N-dealkylation sites (N-methyl/N-ethyl adjacent to an activating group) is 1. The standard InChI is InChI=1S/C19H26N2S.ClH/c1-19(2)13-21(17-7-5-4-6-16(17)20(19)3)15-8-9-18-14(12-15)10-11-22-18;/h8-12,16-17H,4-7,13H2,1-3H3;1H.